The Bertz CT molecular complexity index is 337. The summed E-state index contributed by atoms with van der Waals surface area (Å²) in [6, 6.07) is 3.53. The zero-order valence-corrected chi connectivity index (χ0v) is 5.82. The number of carbonyl (C=O) groups excluding carboxylic acids is 1. The number of rotatable bonds is 0. The van der Waals surface area contributed by atoms with Crippen molar-refractivity contribution in [1.82, 2.24) is 4.57 Å². The van der Waals surface area contributed by atoms with E-state index in [0.29, 0.717) is 11.7 Å². The fourth-order valence-electron chi connectivity index (χ4n) is 1.10. The average Bonchev–Trinajstić information content (AvgIpc) is 2.34. The summed E-state index contributed by atoms with van der Waals surface area (Å²) >= 11 is 0. The van der Waals surface area contributed by atoms with E-state index in [2.05, 4.69) is 4.99 Å². The Morgan fingerprint density at radius 2 is 2.45 bits per heavy atom. The van der Waals surface area contributed by atoms with Crippen LogP contribution in [0.1, 0.15) is 11.2 Å². The first-order valence-corrected chi connectivity index (χ1v) is 3.31. The van der Waals surface area contributed by atoms with Crippen molar-refractivity contribution in [2.45, 2.75) is 6.42 Å². The zero-order valence-electron chi connectivity index (χ0n) is 5.82. The smallest absolute Gasteiger partial charge is 0.239 e. The number of hydrogen-bond donors (Lipinski definition) is 1. The van der Waals surface area contributed by atoms with E-state index in [1.54, 1.807) is 18.3 Å². The highest BCUT2D eigenvalue weighted by Gasteiger charge is 2.15. The number of nitrogens with zero attached hydrogens (tertiary/aromatic N) is 2. The highest BCUT2D eigenvalue weighted by molar-refractivity contribution is 6.04. The van der Waals surface area contributed by atoms with Crippen LogP contribution >= 0.6 is 0 Å². The number of fused-ring (bicyclic) bond motifs is 1. The topological polar surface area (TPSA) is 60.4 Å². The second-order valence-electron chi connectivity index (χ2n) is 2.41. The van der Waals surface area contributed by atoms with Crippen LogP contribution in [0.15, 0.2) is 23.3 Å². The molecule has 0 unspecified atom stereocenters. The maximum absolute atomic E-state index is 11.2. The van der Waals surface area contributed by atoms with Gasteiger partial charge in [-0.1, -0.05) is 0 Å². The first-order chi connectivity index (χ1) is 5.27. The van der Waals surface area contributed by atoms with Gasteiger partial charge in [0.2, 0.25) is 5.91 Å². The average molecular weight is 149 g/mol. The second kappa shape index (κ2) is 1.95. The van der Waals surface area contributed by atoms with Crippen LogP contribution in [0.4, 0.5) is 5.82 Å². The van der Waals surface area contributed by atoms with Crippen molar-refractivity contribution >= 4 is 17.6 Å². The van der Waals surface area contributed by atoms with E-state index in [9.17, 15) is 4.79 Å². The minimum Gasteiger partial charge on any atom is -0.387 e. The molecular formula is C7H7N3O. The van der Waals surface area contributed by atoms with Crippen molar-refractivity contribution in [3.63, 3.8) is 0 Å². The van der Waals surface area contributed by atoms with Gasteiger partial charge in [0.25, 0.3) is 0 Å². The Balaban J connectivity index is 2.60. The van der Waals surface area contributed by atoms with Gasteiger partial charge in [-0.15, -0.1) is 0 Å². The molecule has 2 rings (SSSR count). The molecule has 0 fully saturated rings. The molecule has 0 aliphatic carbocycles. The first-order valence-electron chi connectivity index (χ1n) is 3.31. The second-order valence-corrected chi connectivity index (χ2v) is 2.41. The van der Waals surface area contributed by atoms with Crippen LogP contribution in [0.2, 0.25) is 0 Å². The number of aromatic nitrogens is 1. The van der Waals surface area contributed by atoms with Gasteiger partial charge in [-0.3, -0.25) is 9.36 Å². The lowest BCUT2D eigenvalue weighted by Gasteiger charge is -2.09. The van der Waals surface area contributed by atoms with E-state index < -0.39 is 0 Å². The summed E-state index contributed by atoms with van der Waals surface area (Å²) < 4.78 is 1.50. The summed E-state index contributed by atoms with van der Waals surface area (Å²) in [4.78, 5) is 15.2. The number of carbonyl (C=O) groups is 1. The number of nitrogens with two attached hydrogens (primary N) is 1. The van der Waals surface area contributed by atoms with E-state index in [1.165, 1.54) is 4.57 Å². The van der Waals surface area contributed by atoms with Gasteiger partial charge in [0.15, 0.2) is 0 Å². The summed E-state index contributed by atoms with van der Waals surface area (Å²) in [6.45, 7) is 0. The van der Waals surface area contributed by atoms with E-state index >= 15 is 0 Å². The zero-order chi connectivity index (χ0) is 7.84. The third-order valence-electron chi connectivity index (χ3n) is 1.59. The van der Waals surface area contributed by atoms with Gasteiger partial charge in [-0.25, -0.2) is 4.99 Å². The SMILES string of the molecule is NC1=Nc2cccn2C(=O)C1. The Morgan fingerprint density at radius 3 is 3.27 bits per heavy atom. The highest BCUT2D eigenvalue weighted by Crippen LogP contribution is 2.17. The molecule has 1 aliphatic rings. The molecule has 0 bridgehead atoms. The van der Waals surface area contributed by atoms with Crippen molar-refractivity contribution in [3.05, 3.63) is 18.3 Å². The molecule has 0 saturated heterocycles. The third-order valence-corrected chi connectivity index (χ3v) is 1.59. The molecule has 56 valence electrons. The van der Waals surface area contributed by atoms with Gasteiger partial charge in [0, 0.05) is 6.20 Å². The lowest BCUT2D eigenvalue weighted by atomic mass is 10.3. The van der Waals surface area contributed by atoms with Crippen LogP contribution in [-0.4, -0.2) is 16.3 Å². The Morgan fingerprint density at radius 1 is 1.64 bits per heavy atom. The summed E-state index contributed by atoms with van der Waals surface area (Å²) in [5.41, 5.74) is 5.41. The van der Waals surface area contributed by atoms with E-state index in [4.69, 9.17) is 5.73 Å². The van der Waals surface area contributed by atoms with Gasteiger partial charge >= 0.3 is 0 Å². The predicted octanol–water partition coefficient (Wildman–Crippen LogP) is 0.521. The van der Waals surface area contributed by atoms with Gasteiger partial charge in [-0.2, -0.15) is 0 Å². The minimum atomic E-state index is -0.0162. The van der Waals surface area contributed by atoms with Crippen molar-refractivity contribution in [2.75, 3.05) is 0 Å². The van der Waals surface area contributed by atoms with Crippen molar-refractivity contribution in [2.24, 2.45) is 10.7 Å². The summed E-state index contributed by atoms with van der Waals surface area (Å²) in [6.07, 6.45) is 1.91. The molecule has 4 heteroatoms. The molecule has 11 heavy (non-hydrogen) atoms. The highest BCUT2D eigenvalue weighted by atomic mass is 16.2. The lowest BCUT2D eigenvalue weighted by molar-refractivity contribution is 0.0922. The van der Waals surface area contributed by atoms with Gasteiger partial charge in [-0.05, 0) is 12.1 Å². The Kier molecular flexibility index (Phi) is 1.09. The molecule has 0 amide bonds. The van der Waals surface area contributed by atoms with Crippen LogP contribution < -0.4 is 5.73 Å². The quantitative estimate of drug-likeness (QED) is 0.584. The molecule has 1 aromatic rings. The first kappa shape index (κ1) is 6.15. The van der Waals surface area contributed by atoms with Crippen molar-refractivity contribution in [3.8, 4) is 0 Å². The lowest BCUT2D eigenvalue weighted by Crippen LogP contribution is -2.24. The van der Waals surface area contributed by atoms with Gasteiger partial charge < -0.3 is 5.73 Å². The molecule has 0 spiro atoms. The van der Waals surface area contributed by atoms with E-state index in [0.717, 1.165) is 0 Å². The largest absolute Gasteiger partial charge is 0.387 e. The van der Waals surface area contributed by atoms with Gasteiger partial charge in [0.05, 0.1) is 6.42 Å². The minimum absolute atomic E-state index is 0.0162. The molecule has 1 aromatic heterocycles. The monoisotopic (exact) mass is 149 g/mol. The molecule has 0 atom stereocenters. The molecule has 0 radical (unpaired) electrons. The number of hydrogen-bond acceptors (Lipinski definition) is 3. The number of aliphatic imine (C=N–C) groups is 1. The fourth-order valence-corrected chi connectivity index (χ4v) is 1.10. The standard InChI is InChI=1S/C7H7N3O/c8-5-4-7(11)10-3-1-2-6(10)9-5/h1-3H,4H2,(H2,8,9). The fraction of sp³-hybridized carbons (Fsp3) is 0.143. The molecule has 1 aliphatic heterocycles. The Hall–Kier alpha value is -1.58. The molecule has 0 saturated carbocycles. The van der Waals surface area contributed by atoms with E-state index in [1.807, 2.05) is 0 Å². The van der Waals surface area contributed by atoms with E-state index in [-0.39, 0.29) is 12.3 Å². The number of amidine groups is 1. The van der Waals surface area contributed by atoms with Crippen LogP contribution in [0.3, 0.4) is 0 Å². The van der Waals surface area contributed by atoms with Crippen LogP contribution in [0.25, 0.3) is 0 Å². The maximum Gasteiger partial charge on any atom is 0.239 e. The van der Waals surface area contributed by atoms with Crippen molar-refractivity contribution < 1.29 is 4.79 Å². The van der Waals surface area contributed by atoms with Gasteiger partial charge in [0.1, 0.15) is 11.7 Å². The molecule has 4 nitrogen and oxygen atoms in total. The van der Waals surface area contributed by atoms with Crippen LogP contribution in [-0.2, 0) is 0 Å². The predicted molar refractivity (Wildman–Crippen MR) is 41.0 cm³/mol. The molecule has 0 aromatic carbocycles. The van der Waals surface area contributed by atoms with Crippen LogP contribution in [0, 0.1) is 0 Å². The van der Waals surface area contributed by atoms with Crippen molar-refractivity contribution in [1.29, 1.82) is 0 Å². The summed E-state index contributed by atoms with van der Waals surface area (Å²) in [5.74, 6) is 0.998. The Labute approximate surface area is 63.3 Å². The maximum atomic E-state index is 11.2. The molecular weight excluding hydrogens is 142 g/mol. The normalized spacial score (nSPS) is 16.0. The third kappa shape index (κ3) is 0.832. The molecule has 2 heterocycles. The molecule has 2 N–H and O–H groups in total. The van der Waals surface area contributed by atoms with Crippen LogP contribution in [0.5, 0.6) is 0 Å². The summed E-state index contributed by atoms with van der Waals surface area (Å²) in [5, 5.41) is 0. The summed E-state index contributed by atoms with van der Waals surface area (Å²) in [7, 11) is 0.